The van der Waals surface area contributed by atoms with Gasteiger partial charge in [-0.1, -0.05) is 0 Å². The summed E-state index contributed by atoms with van der Waals surface area (Å²) in [5, 5.41) is 12.9. The predicted octanol–water partition coefficient (Wildman–Crippen LogP) is 2.81. The molecule has 2 heterocycles. The van der Waals surface area contributed by atoms with E-state index in [1.807, 2.05) is 6.07 Å². The lowest BCUT2D eigenvalue weighted by Crippen LogP contribution is -2.41. The Morgan fingerprint density at radius 3 is 2.80 bits per heavy atom. The molecule has 0 spiro atoms. The lowest BCUT2D eigenvalue weighted by molar-refractivity contribution is 0.0657. The zero-order chi connectivity index (χ0) is 14.0. The van der Waals surface area contributed by atoms with Crippen LogP contribution in [0, 0.1) is 11.3 Å². The molecule has 4 heteroatoms. The first-order valence-corrected chi connectivity index (χ1v) is 7.49. The van der Waals surface area contributed by atoms with Crippen LogP contribution in [0.2, 0.25) is 0 Å². The summed E-state index contributed by atoms with van der Waals surface area (Å²) < 4.78 is 5.42. The van der Waals surface area contributed by atoms with Crippen LogP contribution in [0.4, 0.5) is 5.82 Å². The number of aryl methyl sites for hydroxylation is 2. The minimum atomic E-state index is -0.0141. The number of pyridine rings is 1. The van der Waals surface area contributed by atoms with E-state index in [1.165, 1.54) is 24.1 Å². The number of nitrogens with one attached hydrogen (secondary N) is 1. The standard InChI is InChI=1S/C16H21N3O/c1-16(6-8-20-9-7-16)19-15-13(11-17)10-12-4-2-3-5-14(12)18-15/h10H,2-9H2,1H3,(H,18,19). The molecule has 0 bridgehead atoms. The molecule has 4 nitrogen and oxygen atoms in total. The molecule has 0 amide bonds. The maximum Gasteiger partial charge on any atom is 0.144 e. The van der Waals surface area contributed by atoms with Gasteiger partial charge in [-0.05, 0) is 57.1 Å². The normalized spacial score (nSPS) is 20.8. The molecule has 0 radical (unpaired) electrons. The van der Waals surface area contributed by atoms with E-state index in [-0.39, 0.29) is 5.54 Å². The Bertz CT molecular complexity index is 541. The van der Waals surface area contributed by atoms with Crippen LogP contribution in [0.25, 0.3) is 0 Å². The van der Waals surface area contributed by atoms with E-state index in [0.717, 1.165) is 44.7 Å². The molecule has 2 aliphatic rings. The third-order valence-electron chi connectivity index (χ3n) is 4.44. The second kappa shape index (κ2) is 5.41. The first-order chi connectivity index (χ1) is 9.70. The summed E-state index contributed by atoms with van der Waals surface area (Å²) in [7, 11) is 0. The van der Waals surface area contributed by atoms with E-state index in [0.29, 0.717) is 5.56 Å². The molecule has 1 aromatic heterocycles. The van der Waals surface area contributed by atoms with E-state index < -0.39 is 0 Å². The second-order valence-electron chi connectivity index (χ2n) is 6.11. The van der Waals surface area contributed by atoms with E-state index in [4.69, 9.17) is 9.72 Å². The van der Waals surface area contributed by atoms with Crippen molar-refractivity contribution in [3.63, 3.8) is 0 Å². The third kappa shape index (κ3) is 2.64. The van der Waals surface area contributed by atoms with Gasteiger partial charge in [0.25, 0.3) is 0 Å². The van der Waals surface area contributed by atoms with Crippen molar-refractivity contribution < 1.29 is 4.74 Å². The number of nitrogens with zero attached hydrogens (tertiary/aromatic N) is 2. The maximum absolute atomic E-state index is 9.38. The fourth-order valence-corrected chi connectivity index (χ4v) is 3.05. The van der Waals surface area contributed by atoms with E-state index in [9.17, 15) is 5.26 Å². The van der Waals surface area contributed by atoms with Gasteiger partial charge in [0.1, 0.15) is 11.9 Å². The third-order valence-corrected chi connectivity index (χ3v) is 4.44. The quantitative estimate of drug-likeness (QED) is 0.898. The Labute approximate surface area is 120 Å². The maximum atomic E-state index is 9.38. The molecule has 1 N–H and O–H groups in total. The van der Waals surface area contributed by atoms with Crippen molar-refractivity contribution >= 4 is 5.82 Å². The lowest BCUT2D eigenvalue weighted by atomic mass is 9.91. The average molecular weight is 271 g/mol. The van der Waals surface area contributed by atoms with Crippen LogP contribution in [-0.4, -0.2) is 23.7 Å². The molecular weight excluding hydrogens is 250 g/mol. The highest BCUT2D eigenvalue weighted by Crippen LogP contribution is 2.29. The summed E-state index contributed by atoms with van der Waals surface area (Å²) in [6, 6.07) is 4.33. The monoisotopic (exact) mass is 271 g/mol. The van der Waals surface area contributed by atoms with Gasteiger partial charge in [-0.3, -0.25) is 0 Å². The number of aromatic nitrogens is 1. The predicted molar refractivity (Wildman–Crippen MR) is 77.7 cm³/mol. The van der Waals surface area contributed by atoms with Crippen LogP contribution in [0.5, 0.6) is 0 Å². The highest BCUT2D eigenvalue weighted by atomic mass is 16.5. The molecule has 3 rings (SSSR count). The number of hydrogen-bond donors (Lipinski definition) is 1. The van der Waals surface area contributed by atoms with Crippen LogP contribution in [-0.2, 0) is 17.6 Å². The molecule has 0 atom stereocenters. The van der Waals surface area contributed by atoms with Crippen molar-refractivity contribution in [2.75, 3.05) is 18.5 Å². The van der Waals surface area contributed by atoms with Gasteiger partial charge in [0.05, 0.1) is 5.56 Å². The van der Waals surface area contributed by atoms with Crippen molar-refractivity contribution in [1.82, 2.24) is 4.98 Å². The zero-order valence-electron chi connectivity index (χ0n) is 12.0. The van der Waals surface area contributed by atoms with Gasteiger partial charge < -0.3 is 10.1 Å². The average Bonchev–Trinajstić information content (AvgIpc) is 2.47. The van der Waals surface area contributed by atoms with Gasteiger partial charge in [-0.25, -0.2) is 4.98 Å². The van der Waals surface area contributed by atoms with Gasteiger partial charge >= 0.3 is 0 Å². The summed E-state index contributed by atoms with van der Waals surface area (Å²) >= 11 is 0. The first kappa shape index (κ1) is 13.4. The van der Waals surface area contributed by atoms with Crippen molar-refractivity contribution in [2.45, 2.75) is 51.0 Å². The van der Waals surface area contributed by atoms with Gasteiger partial charge in [-0.15, -0.1) is 0 Å². The highest BCUT2D eigenvalue weighted by molar-refractivity contribution is 5.56. The molecule has 20 heavy (non-hydrogen) atoms. The van der Waals surface area contributed by atoms with Crippen LogP contribution >= 0.6 is 0 Å². The van der Waals surface area contributed by atoms with Crippen LogP contribution in [0.3, 0.4) is 0 Å². The highest BCUT2D eigenvalue weighted by Gasteiger charge is 2.29. The molecular formula is C16H21N3O. The van der Waals surface area contributed by atoms with Gasteiger partial charge in [-0.2, -0.15) is 5.26 Å². The minimum absolute atomic E-state index is 0.0141. The Balaban J connectivity index is 1.90. The summed E-state index contributed by atoms with van der Waals surface area (Å²) in [5.41, 5.74) is 3.10. The molecule has 1 saturated heterocycles. The molecule has 106 valence electrons. The summed E-state index contributed by atoms with van der Waals surface area (Å²) in [4.78, 5) is 4.75. The number of fused-ring (bicyclic) bond motifs is 1. The number of hydrogen-bond acceptors (Lipinski definition) is 4. The second-order valence-corrected chi connectivity index (χ2v) is 6.11. The van der Waals surface area contributed by atoms with Crippen molar-refractivity contribution in [1.29, 1.82) is 5.26 Å². The molecule has 1 aliphatic carbocycles. The van der Waals surface area contributed by atoms with E-state index in [2.05, 4.69) is 18.3 Å². The molecule has 0 saturated carbocycles. The number of nitriles is 1. The molecule has 1 aliphatic heterocycles. The smallest absolute Gasteiger partial charge is 0.144 e. The Morgan fingerprint density at radius 2 is 2.05 bits per heavy atom. The molecule has 1 aromatic rings. The van der Waals surface area contributed by atoms with Crippen molar-refractivity contribution in [3.05, 3.63) is 22.9 Å². The zero-order valence-corrected chi connectivity index (χ0v) is 12.0. The lowest BCUT2D eigenvalue weighted by Gasteiger charge is -2.35. The molecule has 0 unspecified atom stereocenters. The summed E-state index contributed by atoms with van der Waals surface area (Å²) in [5.74, 6) is 0.762. The number of anilines is 1. The Morgan fingerprint density at radius 1 is 1.30 bits per heavy atom. The van der Waals surface area contributed by atoms with Gasteiger partial charge in [0.15, 0.2) is 0 Å². The van der Waals surface area contributed by atoms with Crippen molar-refractivity contribution in [2.24, 2.45) is 0 Å². The SMILES string of the molecule is CC1(Nc2nc3c(cc2C#N)CCCC3)CCOCC1. The van der Waals surface area contributed by atoms with Crippen molar-refractivity contribution in [3.8, 4) is 6.07 Å². The fourth-order valence-electron chi connectivity index (χ4n) is 3.05. The van der Waals surface area contributed by atoms with Gasteiger partial charge in [0.2, 0.25) is 0 Å². The summed E-state index contributed by atoms with van der Waals surface area (Å²) in [6.07, 6.45) is 6.42. The topological polar surface area (TPSA) is 57.9 Å². The Hall–Kier alpha value is -1.60. The molecule has 0 aromatic carbocycles. The minimum Gasteiger partial charge on any atom is -0.381 e. The van der Waals surface area contributed by atoms with E-state index in [1.54, 1.807) is 0 Å². The fraction of sp³-hybridized carbons (Fsp3) is 0.625. The van der Waals surface area contributed by atoms with E-state index >= 15 is 0 Å². The number of rotatable bonds is 2. The summed E-state index contributed by atoms with van der Waals surface area (Å²) in [6.45, 7) is 3.74. The van der Waals surface area contributed by atoms with Gasteiger partial charge in [0, 0.05) is 24.4 Å². The largest absolute Gasteiger partial charge is 0.381 e. The molecule has 1 fully saturated rings. The first-order valence-electron chi connectivity index (χ1n) is 7.49. The Kier molecular flexibility index (Phi) is 3.62. The number of ether oxygens (including phenoxy) is 1. The van der Waals surface area contributed by atoms with Crippen LogP contribution < -0.4 is 5.32 Å². The van der Waals surface area contributed by atoms with Crippen LogP contribution in [0.15, 0.2) is 6.07 Å². The van der Waals surface area contributed by atoms with Crippen LogP contribution in [0.1, 0.15) is 49.4 Å².